The molecule has 0 aromatic heterocycles. The monoisotopic (exact) mass is 663 g/mol. The minimum Gasteiger partial charge on any atom is -0.358 e. The molecule has 3 amide bonds. The Morgan fingerprint density at radius 3 is 2.29 bits per heavy atom. The fraction of sp³-hybridized carbons (Fsp3) is 0.375. The number of benzene rings is 4. The second-order valence-electron chi connectivity index (χ2n) is 13.7. The second-order valence-corrected chi connectivity index (χ2v) is 13.7. The molecular weight excluding hydrogens is 617 g/mol. The van der Waals surface area contributed by atoms with E-state index in [1.165, 1.54) is 17.7 Å². The lowest BCUT2D eigenvalue weighted by molar-refractivity contribution is -0.143. The summed E-state index contributed by atoms with van der Waals surface area (Å²) >= 11 is 0. The predicted molar refractivity (Wildman–Crippen MR) is 190 cm³/mol. The van der Waals surface area contributed by atoms with Crippen molar-refractivity contribution in [2.75, 3.05) is 26.7 Å². The normalized spacial score (nSPS) is 19.2. The predicted octanol–water partition coefficient (Wildman–Crippen LogP) is 4.25. The first-order valence-corrected chi connectivity index (χ1v) is 17.3. The highest BCUT2D eigenvalue weighted by atomic mass is 19.1. The topological polar surface area (TPSA) is 93.8 Å². The Labute approximate surface area is 288 Å². The highest BCUT2D eigenvalue weighted by molar-refractivity contribution is 5.91. The molecule has 0 aliphatic carbocycles. The lowest BCUT2D eigenvalue weighted by Gasteiger charge is -2.46. The van der Waals surface area contributed by atoms with Gasteiger partial charge in [0.25, 0.3) is 0 Å². The van der Waals surface area contributed by atoms with E-state index >= 15 is 0 Å². The Morgan fingerprint density at radius 2 is 1.55 bits per heavy atom. The van der Waals surface area contributed by atoms with Crippen LogP contribution in [0.5, 0.6) is 0 Å². The summed E-state index contributed by atoms with van der Waals surface area (Å²) in [6.45, 7) is 6.20. The van der Waals surface area contributed by atoms with E-state index in [1.807, 2.05) is 35.2 Å². The molecule has 6 rings (SSSR count). The summed E-state index contributed by atoms with van der Waals surface area (Å²) in [4.78, 5) is 45.6. The van der Waals surface area contributed by atoms with Gasteiger partial charge in [-0.05, 0) is 63.9 Å². The van der Waals surface area contributed by atoms with Crippen LogP contribution < -0.4 is 16.0 Å². The largest absolute Gasteiger partial charge is 0.358 e. The van der Waals surface area contributed by atoms with Crippen LogP contribution in [0.2, 0.25) is 0 Å². The number of nitrogens with one attached hydrogen (secondary N) is 3. The molecule has 0 radical (unpaired) electrons. The van der Waals surface area contributed by atoms with Crippen molar-refractivity contribution in [3.05, 3.63) is 119 Å². The molecule has 256 valence electrons. The Kier molecular flexibility index (Phi) is 10.7. The third-order valence-electron chi connectivity index (χ3n) is 10.1. The molecule has 0 spiro atoms. The second kappa shape index (κ2) is 15.3. The van der Waals surface area contributed by atoms with Crippen LogP contribution in [0.4, 0.5) is 4.39 Å². The van der Waals surface area contributed by atoms with Crippen LogP contribution in [0.25, 0.3) is 10.8 Å². The maximum atomic E-state index is 14.5. The molecule has 4 atom stereocenters. The van der Waals surface area contributed by atoms with Gasteiger partial charge >= 0.3 is 0 Å². The Balaban J connectivity index is 1.21. The van der Waals surface area contributed by atoms with Crippen LogP contribution in [0.3, 0.4) is 0 Å². The summed E-state index contributed by atoms with van der Waals surface area (Å²) < 4.78 is 13.8. The van der Waals surface area contributed by atoms with Gasteiger partial charge in [-0.2, -0.15) is 0 Å². The molecule has 8 nitrogen and oxygen atoms in total. The average molecular weight is 664 g/mol. The van der Waals surface area contributed by atoms with E-state index in [9.17, 15) is 18.8 Å². The molecule has 0 saturated carbocycles. The van der Waals surface area contributed by atoms with Gasteiger partial charge in [0.1, 0.15) is 11.9 Å². The first-order chi connectivity index (χ1) is 23.7. The fourth-order valence-electron chi connectivity index (χ4n) is 7.27. The molecule has 0 bridgehead atoms. The SMILES string of the molecule is CNC(=O)C(Cc1ccc2ccccc2c1)N1CCN(C(=O)C(Cc2ccc(F)cc2)NC(=O)C2Cc3ccccc3CN2)C(C(C)C)C1. The number of hydrogen-bond donors (Lipinski definition) is 3. The van der Waals surface area contributed by atoms with Gasteiger partial charge in [-0.25, -0.2) is 4.39 Å². The molecule has 2 aliphatic rings. The summed E-state index contributed by atoms with van der Waals surface area (Å²) in [6, 6.07) is 26.8. The van der Waals surface area contributed by atoms with Crippen molar-refractivity contribution in [1.82, 2.24) is 25.8 Å². The highest BCUT2D eigenvalue weighted by Crippen LogP contribution is 2.24. The van der Waals surface area contributed by atoms with Crippen molar-refractivity contribution in [3.63, 3.8) is 0 Å². The number of amides is 3. The van der Waals surface area contributed by atoms with Gasteiger partial charge in [0.15, 0.2) is 0 Å². The van der Waals surface area contributed by atoms with Gasteiger partial charge in [-0.1, -0.05) is 92.7 Å². The lowest BCUT2D eigenvalue weighted by atomic mass is 9.93. The van der Waals surface area contributed by atoms with Crippen molar-refractivity contribution in [3.8, 4) is 0 Å². The van der Waals surface area contributed by atoms with Gasteiger partial charge < -0.3 is 20.9 Å². The number of rotatable bonds is 10. The zero-order valence-corrected chi connectivity index (χ0v) is 28.5. The van der Waals surface area contributed by atoms with Crippen LogP contribution in [-0.2, 0) is 40.2 Å². The Hall–Kier alpha value is -4.60. The summed E-state index contributed by atoms with van der Waals surface area (Å²) in [7, 11) is 1.66. The third-order valence-corrected chi connectivity index (χ3v) is 10.1. The molecule has 9 heteroatoms. The van der Waals surface area contributed by atoms with Crippen LogP contribution >= 0.6 is 0 Å². The van der Waals surface area contributed by atoms with Crippen LogP contribution in [0.1, 0.15) is 36.1 Å². The number of piperazine rings is 1. The molecule has 3 N–H and O–H groups in total. The van der Waals surface area contributed by atoms with Crippen LogP contribution in [0, 0.1) is 11.7 Å². The number of halogens is 1. The Bertz CT molecular complexity index is 1790. The van der Waals surface area contributed by atoms with Gasteiger partial charge in [-0.15, -0.1) is 0 Å². The van der Waals surface area contributed by atoms with Crippen LogP contribution in [-0.4, -0.2) is 78.4 Å². The van der Waals surface area contributed by atoms with Crippen molar-refractivity contribution < 1.29 is 18.8 Å². The maximum Gasteiger partial charge on any atom is 0.245 e. The van der Waals surface area contributed by atoms with Crippen molar-refractivity contribution in [1.29, 1.82) is 0 Å². The zero-order chi connectivity index (χ0) is 34.5. The van der Waals surface area contributed by atoms with Crippen molar-refractivity contribution >= 4 is 28.5 Å². The number of nitrogens with zero attached hydrogens (tertiary/aromatic N) is 2. The minimum absolute atomic E-state index is 0.0570. The van der Waals surface area contributed by atoms with E-state index in [1.54, 1.807) is 19.2 Å². The summed E-state index contributed by atoms with van der Waals surface area (Å²) in [5.41, 5.74) is 4.12. The molecule has 4 aromatic rings. The molecule has 49 heavy (non-hydrogen) atoms. The summed E-state index contributed by atoms with van der Waals surface area (Å²) in [6.07, 6.45) is 1.32. The molecule has 4 aromatic carbocycles. The van der Waals surface area contributed by atoms with Gasteiger partial charge in [0, 0.05) is 45.7 Å². The van der Waals surface area contributed by atoms with E-state index in [4.69, 9.17) is 0 Å². The van der Waals surface area contributed by atoms with Gasteiger partial charge in [-0.3, -0.25) is 19.3 Å². The summed E-state index contributed by atoms with van der Waals surface area (Å²) in [5, 5.41) is 11.6. The molecule has 2 heterocycles. The number of carbonyl (C=O) groups is 3. The lowest BCUT2D eigenvalue weighted by Crippen LogP contribution is -2.64. The average Bonchev–Trinajstić information content (AvgIpc) is 3.13. The van der Waals surface area contributed by atoms with Gasteiger partial charge in [0.2, 0.25) is 17.7 Å². The van der Waals surface area contributed by atoms with Gasteiger partial charge in [0.05, 0.1) is 12.1 Å². The highest BCUT2D eigenvalue weighted by Gasteiger charge is 2.40. The number of fused-ring (bicyclic) bond motifs is 2. The first-order valence-electron chi connectivity index (χ1n) is 17.3. The third kappa shape index (κ3) is 8.00. The van der Waals surface area contributed by atoms with Crippen LogP contribution in [0.15, 0.2) is 91.0 Å². The van der Waals surface area contributed by atoms with Crippen molar-refractivity contribution in [2.45, 2.75) is 63.8 Å². The smallest absolute Gasteiger partial charge is 0.245 e. The van der Waals surface area contributed by atoms with E-state index < -0.39 is 18.1 Å². The quantitative estimate of drug-likeness (QED) is 0.236. The molecule has 1 fully saturated rings. The molecule has 1 saturated heterocycles. The number of likely N-dealkylation sites (N-methyl/N-ethyl adjacent to an activating group) is 1. The summed E-state index contributed by atoms with van der Waals surface area (Å²) in [5.74, 6) is -0.719. The Morgan fingerprint density at radius 1 is 0.857 bits per heavy atom. The fourth-order valence-corrected chi connectivity index (χ4v) is 7.27. The standard InChI is InChI=1S/C40H46FN5O3/c1-26(2)37-25-45(36(39(48)42-3)22-28-12-15-29-8-4-5-9-30(29)20-28)18-19-46(37)40(49)35(21-27-13-16-33(41)17-14-27)44-38(47)34-23-31-10-6-7-11-32(31)24-43-34/h4-17,20,26,34-37,43H,18-19,21-25H2,1-3H3,(H,42,48)(H,44,47). The number of hydrogen-bond acceptors (Lipinski definition) is 5. The number of carbonyl (C=O) groups excluding carboxylic acids is 3. The minimum atomic E-state index is -0.836. The molecular formula is C40H46FN5O3. The van der Waals surface area contributed by atoms with E-state index in [0.717, 1.165) is 27.5 Å². The zero-order valence-electron chi connectivity index (χ0n) is 28.5. The maximum absolute atomic E-state index is 14.5. The molecule has 4 unspecified atom stereocenters. The van der Waals surface area contributed by atoms with E-state index in [2.05, 4.69) is 71.1 Å². The van der Waals surface area contributed by atoms with E-state index in [0.29, 0.717) is 39.0 Å². The van der Waals surface area contributed by atoms with Crippen molar-refractivity contribution in [2.24, 2.45) is 5.92 Å². The molecule has 2 aliphatic heterocycles. The first kappa shape index (κ1) is 34.3. The van der Waals surface area contributed by atoms with E-state index in [-0.39, 0.29) is 41.9 Å².